The molecule has 0 spiro atoms. The Morgan fingerprint density at radius 2 is 2.25 bits per heavy atom. The molecule has 6 heteroatoms. The molecular formula is C14H27N5O. The van der Waals surface area contributed by atoms with Gasteiger partial charge in [0.15, 0.2) is 5.96 Å². The van der Waals surface area contributed by atoms with Crippen molar-refractivity contribution in [3.05, 3.63) is 18.2 Å². The largest absolute Gasteiger partial charge is 0.380 e. The van der Waals surface area contributed by atoms with Crippen molar-refractivity contribution in [3.8, 4) is 0 Å². The Kier molecular flexibility index (Phi) is 7.72. The average molecular weight is 281 g/mol. The number of hydrogen-bond donors (Lipinski definition) is 2. The fraction of sp³-hybridized carbons (Fsp3) is 0.714. The lowest BCUT2D eigenvalue weighted by Gasteiger charge is -2.13. The summed E-state index contributed by atoms with van der Waals surface area (Å²) in [6.07, 6.45) is 3.85. The number of guanidine groups is 1. The van der Waals surface area contributed by atoms with Gasteiger partial charge in [0.25, 0.3) is 0 Å². The van der Waals surface area contributed by atoms with Gasteiger partial charge in [-0.3, -0.25) is 4.99 Å². The van der Waals surface area contributed by atoms with Crippen LogP contribution in [0.2, 0.25) is 0 Å². The lowest BCUT2D eigenvalue weighted by molar-refractivity contribution is 0.152. The van der Waals surface area contributed by atoms with Crippen LogP contribution in [0.25, 0.3) is 0 Å². The number of nitrogens with one attached hydrogen (secondary N) is 2. The summed E-state index contributed by atoms with van der Waals surface area (Å²) in [5, 5.41) is 6.47. The fourth-order valence-electron chi connectivity index (χ4n) is 1.84. The van der Waals surface area contributed by atoms with Gasteiger partial charge in [-0.15, -0.1) is 0 Å². The van der Waals surface area contributed by atoms with Gasteiger partial charge in [0.05, 0.1) is 13.2 Å². The van der Waals surface area contributed by atoms with Crippen LogP contribution in [0.3, 0.4) is 0 Å². The van der Waals surface area contributed by atoms with E-state index in [0.29, 0.717) is 19.1 Å². The molecule has 2 N–H and O–H groups in total. The lowest BCUT2D eigenvalue weighted by atomic mass is 10.2. The van der Waals surface area contributed by atoms with Crippen LogP contribution in [0.5, 0.6) is 0 Å². The number of nitrogens with zero attached hydrogens (tertiary/aromatic N) is 3. The topological polar surface area (TPSA) is 63.5 Å². The van der Waals surface area contributed by atoms with Gasteiger partial charge in [0.2, 0.25) is 0 Å². The number of ether oxygens (including phenoxy) is 1. The summed E-state index contributed by atoms with van der Waals surface area (Å²) in [6, 6.07) is 0. The highest BCUT2D eigenvalue weighted by atomic mass is 16.5. The molecule has 6 nitrogen and oxygen atoms in total. The Hall–Kier alpha value is -1.56. The summed E-state index contributed by atoms with van der Waals surface area (Å²) in [5.74, 6) is 2.39. The molecule has 0 saturated heterocycles. The van der Waals surface area contributed by atoms with Crippen LogP contribution in [0.4, 0.5) is 0 Å². The third kappa shape index (κ3) is 6.06. The molecule has 1 heterocycles. The van der Waals surface area contributed by atoms with Gasteiger partial charge >= 0.3 is 0 Å². The first-order valence-electron chi connectivity index (χ1n) is 7.19. The predicted molar refractivity (Wildman–Crippen MR) is 81.8 cm³/mol. The molecule has 0 radical (unpaired) electrons. The van der Waals surface area contributed by atoms with Crippen molar-refractivity contribution in [3.63, 3.8) is 0 Å². The Labute approximate surface area is 121 Å². The minimum Gasteiger partial charge on any atom is -0.380 e. The highest BCUT2D eigenvalue weighted by molar-refractivity contribution is 5.79. The van der Waals surface area contributed by atoms with Crippen LogP contribution < -0.4 is 10.6 Å². The summed E-state index contributed by atoms with van der Waals surface area (Å²) in [6.45, 7) is 10.2. The molecule has 20 heavy (non-hydrogen) atoms. The van der Waals surface area contributed by atoms with E-state index in [2.05, 4.69) is 39.0 Å². The number of aromatic nitrogens is 2. The number of imidazole rings is 1. The van der Waals surface area contributed by atoms with Gasteiger partial charge < -0.3 is 19.9 Å². The first kappa shape index (κ1) is 16.5. The van der Waals surface area contributed by atoms with Gasteiger partial charge in [-0.1, -0.05) is 13.8 Å². The minimum atomic E-state index is 0.603. The summed E-state index contributed by atoms with van der Waals surface area (Å²) in [7, 11) is 1.76. The zero-order valence-corrected chi connectivity index (χ0v) is 13.0. The van der Waals surface area contributed by atoms with Crippen molar-refractivity contribution in [2.75, 3.05) is 26.8 Å². The predicted octanol–water partition coefficient (Wildman–Crippen LogP) is 1.24. The number of aliphatic imine (C=N–C) groups is 1. The van der Waals surface area contributed by atoms with Crippen molar-refractivity contribution in [1.29, 1.82) is 0 Å². The minimum absolute atomic E-state index is 0.603. The van der Waals surface area contributed by atoms with Crippen molar-refractivity contribution in [2.24, 2.45) is 10.9 Å². The van der Waals surface area contributed by atoms with Crippen LogP contribution >= 0.6 is 0 Å². The molecule has 0 aliphatic rings. The Bertz CT molecular complexity index is 400. The lowest BCUT2D eigenvalue weighted by Crippen LogP contribution is -2.39. The van der Waals surface area contributed by atoms with Gasteiger partial charge in [0.1, 0.15) is 5.82 Å². The van der Waals surface area contributed by atoms with E-state index < -0.39 is 0 Å². The van der Waals surface area contributed by atoms with Crippen LogP contribution in [0, 0.1) is 5.92 Å². The van der Waals surface area contributed by atoms with E-state index in [1.54, 1.807) is 7.05 Å². The summed E-state index contributed by atoms with van der Waals surface area (Å²) in [4.78, 5) is 8.56. The van der Waals surface area contributed by atoms with E-state index in [1.165, 1.54) is 0 Å². The summed E-state index contributed by atoms with van der Waals surface area (Å²) in [5.41, 5.74) is 0. The second-order valence-electron chi connectivity index (χ2n) is 4.94. The van der Waals surface area contributed by atoms with Crippen molar-refractivity contribution in [1.82, 2.24) is 20.2 Å². The summed E-state index contributed by atoms with van der Waals surface area (Å²) < 4.78 is 7.45. The summed E-state index contributed by atoms with van der Waals surface area (Å²) >= 11 is 0. The van der Waals surface area contributed by atoms with Crippen molar-refractivity contribution < 1.29 is 4.74 Å². The molecule has 1 rings (SSSR count). The van der Waals surface area contributed by atoms with E-state index in [-0.39, 0.29) is 0 Å². The molecule has 0 aliphatic carbocycles. The quantitative estimate of drug-likeness (QED) is 0.427. The Morgan fingerprint density at radius 1 is 1.45 bits per heavy atom. The maximum absolute atomic E-state index is 5.28. The smallest absolute Gasteiger partial charge is 0.191 e. The second kappa shape index (κ2) is 9.36. The molecular weight excluding hydrogens is 254 g/mol. The molecule has 0 saturated carbocycles. The maximum Gasteiger partial charge on any atom is 0.191 e. The normalized spacial score (nSPS) is 11.9. The van der Waals surface area contributed by atoms with Gasteiger partial charge in [-0.2, -0.15) is 0 Å². The van der Waals surface area contributed by atoms with E-state index in [9.17, 15) is 0 Å². The van der Waals surface area contributed by atoms with Gasteiger partial charge in [-0.05, 0) is 12.8 Å². The molecule has 1 aromatic heterocycles. The van der Waals surface area contributed by atoms with Crippen LogP contribution in [-0.4, -0.2) is 42.3 Å². The second-order valence-corrected chi connectivity index (χ2v) is 4.94. The maximum atomic E-state index is 5.28. The average Bonchev–Trinajstić information content (AvgIpc) is 2.84. The van der Waals surface area contributed by atoms with E-state index in [1.807, 2.05) is 19.3 Å². The van der Waals surface area contributed by atoms with Crippen LogP contribution in [0.1, 0.15) is 26.6 Å². The number of hydrogen-bond acceptors (Lipinski definition) is 3. The third-order valence-corrected chi connectivity index (χ3v) is 2.74. The monoisotopic (exact) mass is 281 g/mol. The molecule has 114 valence electrons. The standard InChI is InChI=1S/C14H27N5O/c1-5-20-9-7-17-14(15-4)18-10-13-16-6-8-19(13)11-12(2)3/h6,8,12H,5,7,9-11H2,1-4H3,(H2,15,17,18). The zero-order chi connectivity index (χ0) is 14.8. The first-order valence-corrected chi connectivity index (χ1v) is 7.19. The molecule has 0 aliphatic heterocycles. The highest BCUT2D eigenvalue weighted by Gasteiger charge is 2.05. The van der Waals surface area contributed by atoms with Gasteiger partial charge in [-0.25, -0.2) is 4.98 Å². The molecule has 0 fully saturated rings. The van der Waals surface area contributed by atoms with Gasteiger partial charge in [0, 0.05) is 39.1 Å². The fourth-order valence-corrected chi connectivity index (χ4v) is 1.84. The SMILES string of the molecule is CCOCCNC(=NC)NCc1nccn1CC(C)C. The first-order chi connectivity index (χ1) is 9.67. The van der Waals surface area contributed by atoms with Crippen molar-refractivity contribution in [2.45, 2.75) is 33.9 Å². The molecule has 0 bridgehead atoms. The Balaban J connectivity index is 2.39. The molecule has 0 amide bonds. The van der Waals surface area contributed by atoms with Crippen LogP contribution in [-0.2, 0) is 17.8 Å². The molecule has 0 atom stereocenters. The molecule has 0 aromatic carbocycles. The zero-order valence-electron chi connectivity index (χ0n) is 13.0. The van der Waals surface area contributed by atoms with E-state index in [0.717, 1.165) is 31.5 Å². The third-order valence-electron chi connectivity index (χ3n) is 2.74. The molecule has 1 aromatic rings. The highest BCUT2D eigenvalue weighted by Crippen LogP contribution is 2.03. The van der Waals surface area contributed by atoms with Crippen LogP contribution in [0.15, 0.2) is 17.4 Å². The number of rotatable bonds is 8. The Morgan fingerprint density at radius 3 is 2.90 bits per heavy atom. The van der Waals surface area contributed by atoms with E-state index >= 15 is 0 Å². The molecule has 0 unspecified atom stereocenters. The van der Waals surface area contributed by atoms with E-state index in [4.69, 9.17) is 4.74 Å². The van der Waals surface area contributed by atoms with Crippen molar-refractivity contribution >= 4 is 5.96 Å².